The first-order valence-electron chi connectivity index (χ1n) is 7.32. The number of nitrogens with zero attached hydrogens (tertiary/aromatic N) is 1. The molecular formula is C16H24N2O. The Labute approximate surface area is 116 Å². The van der Waals surface area contributed by atoms with E-state index in [9.17, 15) is 4.79 Å². The van der Waals surface area contributed by atoms with Gasteiger partial charge in [0.15, 0.2) is 0 Å². The average molecular weight is 260 g/mol. The highest BCUT2D eigenvalue weighted by molar-refractivity contribution is 6.00. The van der Waals surface area contributed by atoms with Gasteiger partial charge in [-0.15, -0.1) is 0 Å². The summed E-state index contributed by atoms with van der Waals surface area (Å²) in [6.45, 7) is 7.95. The van der Waals surface area contributed by atoms with Crippen LogP contribution in [0.25, 0.3) is 0 Å². The van der Waals surface area contributed by atoms with Crippen LogP contribution in [0.5, 0.6) is 0 Å². The Hall–Kier alpha value is -1.51. The highest BCUT2D eigenvalue weighted by Crippen LogP contribution is 2.29. The molecule has 0 aliphatic heterocycles. The fourth-order valence-corrected chi connectivity index (χ4v) is 2.36. The molecule has 1 amide bonds. The normalized spacial score (nSPS) is 14.3. The van der Waals surface area contributed by atoms with Crippen LogP contribution in [0.3, 0.4) is 0 Å². The Bertz CT molecular complexity index is 452. The summed E-state index contributed by atoms with van der Waals surface area (Å²) in [7, 11) is 0. The predicted molar refractivity (Wildman–Crippen MR) is 79.7 cm³/mol. The van der Waals surface area contributed by atoms with Crippen LogP contribution in [0.1, 0.15) is 49.0 Å². The summed E-state index contributed by atoms with van der Waals surface area (Å²) in [5.41, 5.74) is 2.98. The van der Waals surface area contributed by atoms with Crippen LogP contribution in [-0.4, -0.2) is 29.9 Å². The molecule has 0 heterocycles. The van der Waals surface area contributed by atoms with Crippen LogP contribution in [0.4, 0.5) is 5.69 Å². The summed E-state index contributed by atoms with van der Waals surface area (Å²) in [5.74, 6) is 0.170. The lowest BCUT2D eigenvalue weighted by Crippen LogP contribution is -2.33. The van der Waals surface area contributed by atoms with Gasteiger partial charge in [0.05, 0.1) is 5.56 Å². The molecule has 0 bridgehead atoms. The second kappa shape index (κ2) is 6.09. The summed E-state index contributed by atoms with van der Waals surface area (Å²) in [6.07, 6.45) is 3.37. The Morgan fingerprint density at radius 2 is 2.11 bits per heavy atom. The van der Waals surface area contributed by atoms with E-state index in [0.717, 1.165) is 43.6 Å². The number of aryl methyl sites for hydroxylation is 1. The molecule has 1 saturated carbocycles. The van der Waals surface area contributed by atoms with Gasteiger partial charge >= 0.3 is 0 Å². The minimum atomic E-state index is 0.170. The van der Waals surface area contributed by atoms with Crippen molar-refractivity contribution in [3.8, 4) is 0 Å². The highest BCUT2D eigenvalue weighted by Gasteiger charge is 2.32. The fraction of sp³-hybridized carbons (Fsp3) is 0.562. The quantitative estimate of drug-likeness (QED) is 0.849. The largest absolute Gasteiger partial charge is 0.384 e. The predicted octanol–water partition coefficient (Wildman–Crippen LogP) is 3.44. The lowest BCUT2D eigenvalue weighted by atomic mass is 10.1. The van der Waals surface area contributed by atoms with E-state index >= 15 is 0 Å². The van der Waals surface area contributed by atoms with Crippen molar-refractivity contribution in [2.75, 3.05) is 18.4 Å². The molecule has 0 spiro atoms. The highest BCUT2D eigenvalue weighted by atomic mass is 16.2. The Morgan fingerprint density at radius 3 is 2.68 bits per heavy atom. The topological polar surface area (TPSA) is 32.3 Å². The number of hydrogen-bond donors (Lipinski definition) is 1. The summed E-state index contributed by atoms with van der Waals surface area (Å²) in [5, 5.41) is 3.38. The van der Waals surface area contributed by atoms with Gasteiger partial charge in [-0.25, -0.2) is 0 Å². The Kier molecular flexibility index (Phi) is 4.46. The third kappa shape index (κ3) is 3.28. The van der Waals surface area contributed by atoms with Gasteiger partial charge in [-0.1, -0.05) is 13.0 Å². The lowest BCUT2D eigenvalue weighted by molar-refractivity contribution is 0.0753. The lowest BCUT2D eigenvalue weighted by Gasteiger charge is -2.22. The smallest absolute Gasteiger partial charge is 0.256 e. The van der Waals surface area contributed by atoms with Gasteiger partial charge in [0.25, 0.3) is 5.91 Å². The first-order chi connectivity index (χ1) is 9.17. The zero-order valence-electron chi connectivity index (χ0n) is 12.2. The molecule has 3 nitrogen and oxygen atoms in total. The van der Waals surface area contributed by atoms with Gasteiger partial charge in [0.2, 0.25) is 0 Å². The van der Waals surface area contributed by atoms with Crippen LogP contribution in [0.15, 0.2) is 18.2 Å². The fourth-order valence-electron chi connectivity index (χ4n) is 2.36. The molecule has 1 N–H and O–H groups in total. The first kappa shape index (κ1) is 13.9. The van der Waals surface area contributed by atoms with E-state index in [1.165, 1.54) is 5.56 Å². The van der Waals surface area contributed by atoms with Crippen molar-refractivity contribution in [3.63, 3.8) is 0 Å². The zero-order chi connectivity index (χ0) is 13.8. The van der Waals surface area contributed by atoms with E-state index in [4.69, 9.17) is 0 Å². The van der Waals surface area contributed by atoms with Gasteiger partial charge in [0.1, 0.15) is 0 Å². The van der Waals surface area contributed by atoms with E-state index in [2.05, 4.69) is 32.2 Å². The zero-order valence-corrected chi connectivity index (χ0v) is 12.2. The van der Waals surface area contributed by atoms with Crippen LogP contribution < -0.4 is 5.32 Å². The molecule has 1 fully saturated rings. The van der Waals surface area contributed by atoms with Gasteiger partial charge in [-0.2, -0.15) is 0 Å². The molecule has 2 rings (SSSR count). The van der Waals surface area contributed by atoms with Crippen LogP contribution in [0, 0.1) is 6.92 Å². The maximum Gasteiger partial charge on any atom is 0.256 e. The maximum absolute atomic E-state index is 12.6. The Morgan fingerprint density at radius 1 is 1.37 bits per heavy atom. The molecule has 0 radical (unpaired) electrons. The van der Waals surface area contributed by atoms with Crippen LogP contribution in [0.2, 0.25) is 0 Å². The van der Waals surface area contributed by atoms with Gasteiger partial charge in [-0.3, -0.25) is 4.79 Å². The minimum Gasteiger partial charge on any atom is -0.384 e. The molecule has 104 valence electrons. The monoisotopic (exact) mass is 260 g/mol. The van der Waals surface area contributed by atoms with E-state index in [1.54, 1.807) is 0 Å². The number of rotatable bonds is 6. The summed E-state index contributed by atoms with van der Waals surface area (Å²) >= 11 is 0. The number of anilines is 1. The van der Waals surface area contributed by atoms with E-state index < -0.39 is 0 Å². The number of carbonyl (C=O) groups excluding carboxylic acids is 1. The third-order valence-corrected chi connectivity index (χ3v) is 3.56. The van der Waals surface area contributed by atoms with E-state index in [1.807, 2.05) is 17.0 Å². The number of hydrogen-bond acceptors (Lipinski definition) is 2. The third-order valence-electron chi connectivity index (χ3n) is 3.56. The molecule has 0 aromatic heterocycles. The second-order valence-corrected chi connectivity index (χ2v) is 5.30. The Balaban J connectivity index is 2.23. The van der Waals surface area contributed by atoms with Gasteiger partial charge < -0.3 is 10.2 Å². The number of carbonyl (C=O) groups is 1. The van der Waals surface area contributed by atoms with Crippen molar-refractivity contribution in [2.45, 2.75) is 46.1 Å². The van der Waals surface area contributed by atoms with Crippen molar-refractivity contribution in [1.29, 1.82) is 0 Å². The minimum absolute atomic E-state index is 0.170. The van der Waals surface area contributed by atoms with Crippen molar-refractivity contribution in [1.82, 2.24) is 4.90 Å². The van der Waals surface area contributed by atoms with Crippen molar-refractivity contribution in [2.24, 2.45) is 0 Å². The van der Waals surface area contributed by atoms with Crippen LogP contribution in [-0.2, 0) is 0 Å². The van der Waals surface area contributed by atoms with Crippen LogP contribution >= 0.6 is 0 Å². The van der Waals surface area contributed by atoms with Crippen molar-refractivity contribution < 1.29 is 4.79 Å². The summed E-state index contributed by atoms with van der Waals surface area (Å²) in [4.78, 5) is 14.6. The number of nitrogens with one attached hydrogen (secondary N) is 1. The van der Waals surface area contributed by atoms with Crippen molar-refractivity contribution >= 4 is 11.6 Å². The average Bonchev–Trinajstić information content (AvgIpc) is 3.21. The maximum atomic E-state index is 12.6. The molecule has 0 unspecified atom stereocenters. The molecule has 3 heteroatoms. The second-order valence-electron chi connectivity index (χ2n) is 5.30. The molecule has 1 aliphatic carbocycles. The summed E-state index contributed by atoms with van der Waals surface area (Å²) < 4.78 is 0. The summed E-state index contributed by atoms with van der Waals surface area (Å²) in [6, 6.07) is 6.52. The molecule has 0 saturated heterocycles. The molecule has 1 aromatic carbocycles. The molecular weight excluding hydrogens is 236 g/mol. The van der Waals surface area contributed by atoms with Crippen molar-refractivity contribution in [3.05, 3.63) is 29.3 Å². The number of amides is 1. The number of benzene rings is 1. The van der Waals surface area contributed by atoms with E-state index in [-0.39, 0.29) is 5.91 Å². The molecule has 1 aliphatic rings. The first-order valence-corrected chi connectivity index (χ1v) is 7.32. The molecule has 19 heavy (non-hydrogen) atoms. The van der Waals surface area contributed by atoms with E-state index in [0.29, 0.717) is 6.04 Å². The molecule has 1 aromatic rings. The van der Waals surface area contributed by atoms with Gasteiger partial charge in [-0.05, 0) is 50.8 Å². The van der Waals surface area contributed by atoms with Gasteiger partial charge in [0, 0.05) is 24.8 Å². The molecule has 0 atom stereocenters. The SMILES string of the molecule is CCCNc1cc(C)ccc1C(=O)N(CC)C1CC1. The standard InChI is InChI=1S/C16H24N2O/c1-4-10-17-15-11-12(3)6-9-14(15)16(19)18(5-2)13-7-8-13/h6,9,11,13,17H,4-5,7-8,10H2,1-3H3.